The fraction of sp³-hybridized carbons (Fsp3) is 0.286. The van der Waals surface area contributed by atoms with Gasteiger partial charge in [-0.3, -0.25) is 4.79 Å². The number of benzene rings is 2. The second-order valence-corrected chi connectivity index (χ2v) is 7.13. The molecule has 2 heterocycles. The highest BCUT2D eigenvalue weighted by Crippen LogP contribution is 2.29. The van der Waals surface area contributed by atoms with Crippen LogP contribution in [0.15, 0.2) is 47.0 Å². The molecule has 28 heavy (non-hydrogen) atoms. The van der Waals surface area contributed by atoms with E-state index in [2.05, 4.69) is 10.1 Å². The van der Waals surface area contributed by atoms with Gasteiger partial charge in [0.05, 0.1) is 5.92 Å². The largest absolute Gasteiger partial charge is 0.399 e. The number of nitrogens with two attached hydrogens (primary N) is 1. The molecule has 0 bridgehead atoms. The number of rotatable bonds is 3. The third-order valence-electron chi connectivity index (χ3n) is 5.09. The summed E-state index contributed by atoms with van der Waals surface area (Å²) in [5.74, 6) is 0.547. The summed E-state index contributed by atoms with van der Waals surface area (Å²) in [6.45, 7) is 3.10. The van der Waals surface area contributed by atoms with Gasteiger partial charge in [-0.05, 0) is 61.7 Å². The van der Waals surface area contributed by atoms with Crippen molar-refractivity contribution in [2.24, 2.45) is 0 Å². The fourth-order valence-electron chi connectivity index (χ4n) is 3.52. The Morgan fingerprint density at radius 1 is 1.25 bits per heavy atom. The number of aromatic nitrogens is 2. The first-order valence-electron chi connectivity index (χ1n) is 9.26. The highest BCUT2D eigenvalue weighted by molar-refractivity contribution is 5.96. The maximum atomic E-state index is 13.1. The van der Waals surface area contributed by atoms with Crippen molar-refractivity contribution in [3.8, 4) is 11.4 Å². The molecule has 4 rings (SSSR count). The lowest BCUT2D eigenvalue weighted by Crippen LogP contribution is -2.39. The number of halogens is 1. The molecule has 0 saturated carbocycles. The minimum Gasteiger partial charge on any atom is -0.399 e. The quantitative estimate of drug-likeness (QED) is 0.699. The number of aryl methyl sites for hydroxylation is 1. The molecule has 0 radical (unpaired) electrons. The summed E-state index contributed by atoms with van der Waals surface area (Å²) in [7, 11) is 0. The first kappa shape index (κ1) is 18.2. The number of anilines is 1. The second kappa shape index (κ2) is 7.42. The average Bonchev–Trinajstić information content (AvgIpc) is 3.20. The van der Waals surface area contributed by atoms with E-state index in [4.69, 9.17) is 10.3 Å². The van der Waals surface area contributed by atoms with E-state index in [1.165, 1.54) is 12.1 Å². The van der Waals surface area contributed by atoms with E-state index in [0.717, 1.165) is 18.4 Å². The summed E-state index contributed by atoms with van der Waals surface area (Å²) < 4.78 is 18.6. The molecule has 6 nitrogen and oxygen atoms in total. The molecule has 1 amide bonds. The van der Waals surface area contributed by atoms with E-state index in [-0.39, 0.29) is 17.6 Å². The molecule has 0 spiro atoms. The Morgan fingerprint density at radius 3 is 2.82 bits per heavy atom. The standard InChI is InChI=1S/C21H21FN4O2/c1-13-4-9-17(23)11-18(13)21(27)26-10-2-3-15(12-26)20-24-19(25-28-20)14-5-7-16(22)8-6-14/h4-9,11,15H,2-3,10,12,23H2,1H3. The van der Waals surface area contributed by atoms with E-state index in [1.807, 2.05) is 17.9 Å². The number of nitrogens with zero attached hydrogens (tertiary/aromatic N) is 3. The van der Waals surface area contributed by atoms with Crippen LogP contribution in [-0.2, 0) is 0 Å². The maximum Gasteiger partial charge on any atom is 0.254 e. The highest BCUT2D eigenvalue weighted by Gasteiger charge is 2.29. The number of carbonyl (C=O) groups excluding carboxylic acids is 1. The lowest BCUT2D eigenvalue weighted by molar-refractivity contribution is 0.0695. The van der Waals surface area contributed by atoms with E-state index < -0.39 is 0 Å². The molecule has 2 aromatic carbocycles. The van der Waals surface area contributed by atoms with Crippen molar-refractivity contribution >= 4 is 11.6 Å². The van der Waals surface area contributed by atoms with Crippen LogP contribution in [0.25, 0.3) is 11.4 Å². The Labute approximate surface area is 162 Å². The molecular formula is C21H21FN4O2. The van der Waals surface area contributed by atoms with Gasteiger partial charge in [-0.1, -0.05) is 11.2 Å². The molecule has 144 valence electrons. The summed E-state index contributed by atoms with van der Waals surface area (Å²) in [4.78, 5) is 19.3. The van der Waals surface area contributed by atoms with Gasteiger partial charge in [0, 0.05) is 29.9 Å². The topological polar surface area (TPSA) is 85.3 Å². The third-order valence-corrected chi connectivity index (χ3v) is 5.09. The summed E-state index contributed by atoms with van der Waals surface area (Å²) in [5.41, 5.74) is 8.64. The summed E-state index contributed by atoms with van der Waals surface area (Å²) in [6, 6.07) is 11.3. The number of nitrogen functional groups attached to an aromatic ring is 1. The predicted octanol–water partition coefficient (Wildman–Crippen LogP) is 3.79. The Hall–Kier alpha value is -3.22. The first-order chi connectivity index (χ1) is 13.5. The lowest BCUT2D eigenvalue weighted by Gasteiger charge is -2.31. The van der Waals surface area contributed by atoms with Crippen molar-refractivity contribution in [3.05, 3.63) is 65.3 Å². The van der Waals surface area contributed by atoms with E-state index >= 15 is 0 Å². The monoisotopic (exact) mass is 380 g/mol. The minimum absolute atomic E-state index is 0.0271. The van der Waals surface area contributed by atoms with Crippen molar-refractivity contribution in [2.45, 2.75) is 25.7 Å². The zero-order valence-electron chi connectivity index (χ0n) is 15.6. The Bertz CT molecular complexity index is 1000. The summed E-state index contributed by atoms with van der Waals surface area (Å²) in [5, 5.41) is 4.02. The maximum absolute atomic E-state index is 13.1. The summed E-state index contributed by atoms with van der Waals surface area (Å²) >= 11 is 0. The lowest BCUT2D eigenvalue weighted by atomic mass is 9.96. The van der Waals surface area contributed by atoms with Crippen LogP contribution < -0.4 is 5.73 Å². The van der Waals surface area contributed by atoms with Gasteiger partial charge in [0.1, 0.15) is 5.82 Å². The van der Waals surface area contributed by atoms with Crippen LogP contribution in [0.4, 0.5) is 10.1 Å². The van der Waals surface area contributed by atoms with Gasteiger partial charge in [0.2, 0.25) is 11.7 Å². The van der Waals surface area contributed by atoms with Gasteiger partial charge in [-0.15, -0.1) is 0 Å². The molecule has 1 aliphatic heterocycles. The Kier molecular flexibility index (Phi) is 4.81. The van der Waals surface area contributed by atoms with E-state index in [9.17, 15) is 9.18 Å². The van der Waals surface area contributed by atoms with Gasteiger partial charge in [0.25, 0.3) is 5.91 Å². The average molecular weight is 380 g/mol. The van der Waals surface area contributed by atoms with Gasteiger partial charge >= 0.3 is 0 Å². The number of carbonyl (C=O) groups is 1. The molecule has 1 saturated heterocycles. The molecular weight excluding hydrogens is 359 g/mol. The van der Waals surface area contributed by atoms with Crippen molar-refractivity contribution in [1.29, 1.82) is 0 Å². The normalized spacial score (nSPS) is 16.9. The fourth-order valence-corrected chi connectivity index (χ4v) is 3.52. The minimum atomic E-state index is -0.314. The van der Waals surface area contributed by atoms with Crippen LogP contribution in [0.2, 0.25) is 0 Å². The number of hydrogen-bond donors (Lipinski definition) is 1. The third kappa shape index (κ3) is 3.60. The molecule has 0 aliphatic carbocycles. The van der Waals surface area contributed by atoms with Crippen LogP contribution in [0, 0.1) is 12.7 Å². The van der Waals surface area contributed by atoms with E-state index in [1.54, 1.807) is 24.3 Å². The Balaban J connectivity index is 1.52. The van der Waals surface area contributed by atoms with Crippen molar-refractivity contribution in [3.63, 3.8) is 0 Å². The molecule has 1 unspecified atom stereocenters. The summed E-state index contributed by atoms with van der Waals surface area (Å²) in [6.07, 6.45) is 1.72. The molecule has 1 fully saturated rings. The first-order valence-corrected chi connectivity index (χ1v) is 9.26. The number of likely N-dealkylation sites (tertiary alicyclic amines) is 1. The number of piperidine rings is 1. The van der Waals surface area contributed by atoms with Crippen molar-refractivity contribution < 1.29 is 13.7 Å². The van der Waals surface area contributed by atoms with Crippen molar-refractivity contribution in [1.82, 2.24) is 15.0 Å². The van der Waals surface area contributed by atoms with Crippen molar-refractivity contribution in [2.75, 3.05) is 18.8 Å². The zero-order valence-corrected chi connectivity index (χ0v) is 15.6. The van der Waals surface area contributed by atoms with Crippen LogP contribution in [0.5, 0.6) is 0 Å². The molecule has 3 aromatic rings. The molecule has 1 aromatic heterocycles. The number of hydrogen-bond acceptors (Lipinski definition) is 5. The number of amides is 1. The van der Waals surface area contributed by atoms with Crippen LogP contribution >= 0.6 is 0 Å². The van der Waals surface area contributed by atoms with Crippen LogP contribution in [-0.4, -0.2) is 34.0 Å². The van der Waals surface area contributed by atoms with Crippen LogP contribution in [0.3, 0.4) is 0 Å². The molecule has 1 aliphatic rings. The smallest absolute Gasteiger partial charge is 0.254 e. The highest BCUT2D eigenvalue weighted by atomic mass is 19.1. The second-order valence-electron chi connectivity index (χ2n) is 7.13. The molecule has 7 heteroatoms. The zero-order chi connectivity index (χ0) is 19.7. The van der Waals surface area contributed by atoms with E-state index in [0.29, 0.717) is 41.6 Å². The molecule has 1 atom stereocenters. The van der Waals surface area contributed by atoms with Gasteiger partial charge in [-0.25, -0.2) is 4.39 Å². The van der Waals surface area contributed by atoms with Gasteiger partial charge < -0.3 is 15.2 Å². The SMILES string of the molecule is Cc1ccc(N)cc1C(=O)N1CCCC(c2nc(-c3ccc(F)cc3)no2)C1. The Morgan fingerprint density at radius 2 is 2.04 bits per heavy atom. The van der Waals surface area contributed by atoms with Crippen LogP contribution in [0.1, 0.15) is 40.6 Å². The van der Waals surface area contributed by atoms with Gasteiger partial charge in [0.15, 0.2) is 0 Å². The molecule has 2 N–H and O–H groups in total. The van der Waals surface area contributed by atoms with Gasteiger partial charge in [-0.2, -0.15) is 4.98 Å². The predicted molar refractivity (Wildman–Crippen MR) is 103 cm³/mol.